The average molecular weight is 568 g/mol. The lowest BCUT2D eigenvalue weighted by atomic mass is 9.86. The Morgan fingerprint density at radius 2 is 2.02 bits per heavy atom. The molecule has 0 amide bonds. The maximum atomic E-state index is 12.0. The van der Waals surface area contributed by atoms with E-state index in [2.05, 4.69) is 15.3 Å². The highest BCUT2D eigenvalue weighted by Crippen LogP contribution is 2.57. The molecule has 3 N–H and O–H groups in total. The van der Waals surface area contributed by atoms with Gasteiger partial charge in [-0.15, -0.1) is 15.9 Å². The van der Waals surface area contributed by atoms with Crippen LogP contribution in [0.4, 0.5) is 0 Å². The molecule has 2 atom stereocenters. The molecule has 1 aliphatic heterocycles. The summed E-state index contributed by atoms with van der Waals surface area (Å²) in [6.45, 7) is 4.44. The number of aliphatic carboxylic acids is 1. The lowest BCUT2D eigenvalue weighted by Crippen LogP contribution is -2.34. The molecule has 1 unspecified atom stereocenters. The van der Waals surface area contributed by atoms with Crippen molar-refractivity contribution in [1.29, 1.82) is 0 Å². The van der Waals surface area contributed by atoms with Gasteiger partial charge in [-0.3, -0.25) is 13.9 Å². The van der Waals surface area contributed by atoms with Crippen LogP contribution in [0.15, 0.2) is 53.6 Å². The Balaban J connectivity index is 1.55. The number of benzene rings is 2. The quantitative estimate of drug-likeness (QED) is 0.267. The van der Waals surface area contributed by atoms with Gasteiger partial charge in [0.05, 0.1) is 20.1 Å². The van der Waals surface area contributed by atoms with Gasteiger partial charge in [-0.25, -0.2) is 9.67 Å². The lowest BCUT2D eigenvalue weighted by molar-refractivity contribution is -0.137. The number of carboxylic acids is 1. The number of pyridine rings is 1. The highest BCUT2D eigenvalue weighted by Gasteiger charge is 2.35. The van der Waals surface area contributed by atoms with E-state index in [0.717, 1.165) is 27.8 Å². The Kier molecular flexibility index (Phi) is 7.69. The van der Waals surface area contributed by atoms with Gasteiger partial charge in [-0.05, 0) is 59.9 Å². The smallest absolute Gasteiger partial charge is 0.304 e. The predicted octanol–water partition coefficient (Wildman–Crippen LogP) is 4.98. The predicted molar refractivity (Wildman–Crippen MR) is 151 cm³/mol. The molecule has 1 aliphatic rings. The fraction of sp³-hybridized carbons (Fsp3) is 0.357. The lowest BCUT2D eigenvalue weighted by Gasteiger charge is -2.41. The molecular formula is C28H33N5O6S. The number of methoxy groups -OCH3 is 1. The third-order valence-electron chi connectivity index (χ3n) is 7.34. The SMILES string of the molecule is CC[C@@H]1CN(Cc2cc(C(CC(=O)O)c3cc(OC)c4c(c3)nnn4C)ccc2C)S(O)(O)c2cccnc2O1. The Labute approximate surface area is 233 Å². The molecule has 0 radical (unpaired) electrons. The molecule has 12 heteroatoms. The maximum Gasteiger partial charge on any atom is 0.304 e. The normalized spacial score (nSPS) is 18.4. The zero-order valence-corrected chi connectivity index (χ0v) is 23.6. The summed E-state index contributed by atoms with van der Waals surface area (Å²) in [7, 11) is -0.0650. The molecule has 2 aromatic heterocycles. The summed E-state index contributed by atoms with van der Waals surface area (Å²) in [5, 5.41) is 18.1. The number of nitrogens with zero attached hydrogens (tertiary/aromatic N) is 5. The van der Waals surface area contributed by atoms with Gasteiger partial charge in [0.15, 0.2) is 0 Å². The Morgan fingerprint density at radius 3 is 2.75 bits per heavy atom. The van der Waals surface area contributed by atoms with E-state index in [1.54, 1.807) is 41.5 Å². The number of rotatable bonds is 8. The van der Waals surface area contributed by atoms with E-state index in [9.17, 15) is 19.0 Å². The van der Waals surface area contributed by atoms with Gasteiger partial charge in [0.2, 0.25) is 5.88 Å². The summed E-state index contributed by atoms with van der Waals surface area (Å²) in [6, 6.07) is 12.8. The second-order valence-electron chi connectivity index (χ2n) is 9.94. The van der Waals surface area contributed by atoms with Crippen LogP contribution >= 0.6 is 10.8 Å². The second kappa shape index (κ2) is 11.0. The van der Waals surface area contributed by atoms with E-state index in [1.165, 1.54) is 0 Å². The summed E-state index contributed by atoms with van der Waals surface area (Å²) in [5.41, 5.74) is 4.64. The maximum absolute atomic E-state index is 12.0. The number of carboxylic acid groups (broad SMARTS) is 1. The minimum Gasteiger partial charge on any atom is -0.494 e. The molecule has 4 aromatic rings. The first-order valence-electron chi connectivity index (χ1n) is 13.0. The third kappa shape index (κ3) is 5.22. The third-order valence-corrected chi connectivity index (χ3v) is 9.24. The van der Waals surface area contributed by atoms with Gasteiger partial charge in [-0.1, -0.05) is 30.3 Å². The van der Waals surface area contributed by atoms with Crippen LogP contribution in [-0.2, 0) is 18.4 Å². The van der Waals surface area contributed by atoms with Gasteiger partial charge >= 0.3 is 5.97 Å². The first kappa shape index (κ1) is 27.8. The average Bonchev–Trinajstić information content (AvgIpc) is 3.27. The standard InChI is InChI=1S/C28H33N5O6S/c1-5-21-16-33(40(36,37)25-7-6-10-29-28(25)39-21)15-20-11-18(9-8-17(20)2)22(14-26(34)35)19-12-23-27(24(13-19)38-4)32(3)31-30-23/h6-13,21-22,36-37H,5,14-16H2,1-4H3,(H,34,35)/t21-,22?/m1/s1. The van der Waals surface area contributed by atoms with Crippen LogP contribution in [-0.4, -0.2) is 64.2 Å². The summed E-state index contributed by atoms with van der Waals surface area (Å²) >= 11 is 0. The van der Waals surface area contributed by atoms with E-state index < -0.39 is 22.7 Å². The first-order chi connectivity index (χ1) is 19.1. The molecule has 11 nitrogen and oxygen atoms in total. The zero-order chi connectivity index (χ0) is 28.6. The van der Waals surface area contributed by atoms with E-state index in [-0.39, 0.29) is 36.4 Å². The molecule has 0 spiro atoms. The molecule has 0 saturated carbocycles. The largest absolute Gasteiger partial charge is 0.494 e. The number of fused-ring (bicyclic) bond motifs is 2. The van der Waals surface area contributed by atoms with Crippen LogP contribution in [0.25, 0.3) is 11.0 Å². The van der Waals surface area contributed by atoms with Crippen LogP contribution < -0.4 is 9.47 Å². The van der Waals surface area contributed by atoms with Crippen molar-refractivity contribution in [1.82, 2.24) is 24.3 Å². The Morgan fingerprint density at radius 1 is 1.23 bits per heavy atom. The van der Waals surface area contributed by atoms with Crippen molar-refractivity contribution in [2.75, 3.05) is 13.7 Å². The molecule has 0 aliphatic carbocycles. The monoisotopic (exact) mass is 567 g/mol. The molecule has 0 fully saturated rings. The van der Waals surface area contributed by atoms with Crippen LogP contribution in [0.5, 0.6) is 11.6 Å². The number of aryl methyl sites for hydroxylation is 2. The van der Waals surface area contributed by atoms with E-state index in [4.69, 9.17) is 9.47 Å². The summed E-state index contributed by atoms with van der Waals surface area (Å²) in [6.07, 6.45) is 1.80. The van der Waals surface area contributed by atoms with Crippen molar-refractivity contribution >= 4 is 27.8 Å². The van der Waals surface area contributed by atoms with E-state index >= 15 is 0 Å². The van der Waals surface area contributed by atoms with Crippen molar-refractivity contribution in [2.45, 2.75) is 50.2 Å². The minimum absolute atomic E-state index is 0.152. The Hall–Kier alpha value is -3.71. The molecule has 5 rings (SSSR count). The molecular weight excluding hydrogens is 534 g/mol. The summed E-state index contributed by atoms with van der Waals surface area (Å²) < 4.78 is 37.7. The van der Waals surface area contributed by atoms with Crippen LogP contribution in [0.1, 0.15) is 47.9 Å². The Bertz CT molecular complexity index is 1560. The van der Waals surface area contributed by atoms with Crippen molar-refractivity contribution in [3.63, 3.8) is 0 Å². The number of hydrogen-bond donors (Lipinski definition) is 3. The number of carbonyl (C=O) groups is 1. The van der Waals surface area contributed by atoms with Crippen molar-refractivity contribution in [3.05, 3.63) is 70.9 Å². The number of aromatic nitrogens is 4. The minimum atomic E-state index is -3.39. The van der Waals surface area contributed by atoms with Crippen LogP contribution in [0.2, 0.25) is 0 Å². The van der Waals surface area contributed by atoms with Gasteiger partial charge < -0.3 is 14.6 Å². The summed E-state index contributed by atoms with van der Waals surface area (Å²) in [5.74, 6) is -0.659. The van der Waals surface area contributed by atoms with Crippen LogP contribution in [0.3, 0.4) is 0 Å². The van der Waals surface area contributed by atoms with Gasteiger partial charge in [0.25, 0.3) is 0 Å². The number of hydrogen-bond acceptors (Lipinski definition) is 9. The van der Waals surface area contributed by atoms with Crippen molar-refractivity contribution in [2.24, 2.45) is 7.05 Å². The molecule has 212 valence electrons. The molecule has 40 heavy (non-hydrogen) atoms. The molecule has 0 bridgehead atoms. The van der Waals surface area contributed by atoms with Gasteiger partial charge in [-0.2, -0.15) is 4.31 Å². The van der Waals surface area contributed by atoms with Crippen molar-refractivity contribution < 1.29 is 28.5 Å². The van der Waals surface area contributed by atoms with E-state index in [1.807, 2.05) is 44.2 Å². The fourth-order valence-corrected chi connectivity index (χ4v) is 6.68. The zero-order valence-electron chi connectivity index (χ0n) is 22.8. The number of ether oxygens (including phenoxy) is 2. The van der Waals surface area contributed by atoms with Gasteiger partial charge in [0.1, 0.15) is 27.8 Å². The topological polar surface area (TPSA) is 143 Å². The molecule has 0 saturated heterocycles. The molecule has 3 heterocycles. The van der Waals surface area contributed by atoms with Crippen molar-refractivity contribution in [3.8, 4) is 11.6 Å². The molecule has 2 aromatic carbocycles. The highest BCUT2D eigenvalue weighted by atomic mass is 32.3. The fourth-order valence-electron chi connectivity index (χ4n) is 5.11. The second-order valence-corrected chi connectivity index (χ2v) is 11.9. The summed E-state index contributed by atoms with van der Waals surface area (Å²) in [4.78, 5) is 16.5. The first-order valence-corrected chi connectivity index (χ1v) is 14.5. The highest BCUT2D eigenvalue weighted by molar-refractivity contribution is 8.22. The van der Waals surface area contributed by atoms with E-state index in [0.29, 0.717) is 17.7 Å². The van der Waals surface area contributed by atoms with Gasteiger partial charge in [0, 0.05) is 25.7 Å². The van der Waals surface area contributed by atoms with Crippen LogP contribution in [0, 0.1) is 6.92 Å².